The van der Waals surface area contributed by atoms with Crippen LogP contribution in [0.25, 0.3) is 10.9 Å². The number of fused-ring (bicyclic) bond motifs is 1. The van der Waals surface area contributed by atoms with E-state index in [1.807, 2.05) is 36.5 Å². The van der Waals surface area contributed by atoms with Gasteiger partial charge in [0.25, 0.3) is 5.91 Å². The molecule has 186 valence electrons. The molecule has 1 N–H and O–H groups in total. The van der Waals surface area contributed by atoms with Gasteiger partial charge in [-0.05, 0) is 66.6 Å². The SMILES string of the molecule is N#Cc1ccc(N2C(=O)CC(N(CCc3c[nH]c4ccccc34)S(=O)(=O)c3ccc(Cl)cc3)C2=O)cc1. The summed E-state index contributed by atoms with van der Waals surface area (Å²) < 4.78 is 28.7. The zero-order valence-electron chi connectivity index (χ0n) is 19.5. The number of imide groups is 1. The summed E-state index contributed by atoms with van der Waals surface area (Å²) >= 11 is 5.97. The highest BCUT2D eigenvalue weighted by Gasteiger charge is 2.46. The lowest BCUT2D eigenvalue weighted by molar-refractivity contribution is -0.122. The molecule has 0 radical (unpaired) electrons. The van der Waals surface area contributed by atoms with Gasteiger partial charge in [0.15, 0.2) is 0 Å². The van der Waals surface area contributed by atoms with E-state index < -0.39 is 27.9 Å². The van der Waals surface area contributed by atoms with Gasteiger partial charge in [0.05, 0.1) is 28.6 Å². The zero-order valence-corrected chi connectivity index (χ0v) is 21.0. The molecule has 2 amide bonds. The maximum Gasteiger partial charge on any atom is 0.252 e. The number of carbonyl (C=O) groups is 2. The lowest BCUT2D eigenvalue weighted by atomic mass is 10.1. The van der Waals surface area contributed by atoms with E-state index in [9.17, 15) is 18.0 Å². The number of H-pyrrole nitrogens is 1. The van der Waals surface area contributed by atoms with Crippen LogP contribution in [0.2, 0.25) is 5.02 Å². The molecule has 1 aliphatic rings. The molecular weight excluding hydrogens is 512 g/mol. The first kappa shape index (κ1) is 24.7. The van der Waals surface area contributed by atoms with Gasteiger partial charge in [-0.15, -0.1) is 0 Å². The fourth-order valence-corrected chi connectivity index (χ4v) is 6.26. The molecule has 10 heteroatoms. The minimum Gasteiger partial charge on any atom is -0.361 e. The second kappa shape index (κ2) is 9.82. The van der Waals surface area contributed by atoms with Crippen LogP contribution in [-0.2, 0) is 26.0 Å². The van der Waals surface area contributed by atoms with Gasteiger partial charge in [0.2, 0.25) is 15.9 Å². The van der Waals surface area contributed by atoms with Crippen LogP contribution in [-0.4, -0.2) is 42.1 Å². The Morgan fingerprint density at radius 1 is 1.03 bits per heavy atom. The molecule has 3 aromatic carbocycles. The summed E-state index contributed by atoms with van der Waals surface area (Å²) in [6.45, 7) is -0.0162. The Kier molecular flexibility index (Phi) is 6.56. The number of aromatic nitrogens is 1. The molecule has 1 atom stereocenters. The summed E-state index contributed by atoms with van der Waals surface area (Å²) in [7, 11) is -4.16. The highest BCUT2D eigenvalue weighted by atomic mass is 35.5. The number of halogens is 1. The van der Waals surface area contributed by atoms with Crippen LogP contribution in [0.3, 0.4) is 0 Å². The molecule has 4 aromatic rings. The quantitative estimate of drug-likeness (QED) is 0.357. The van der Waals surface area contributed by atoms with Gasteiger partial charge in [-0.1, -0.05) is 29.8 Å². The number of hydrogen-bond acceptors (Lipinski definition) is 5. The maximum atomic E-state index is 13.8. The maximum absolute atomic E-state index is 13.8. The predicted octanol–water partition coefficient (Wildman–Crippen LogP) is 4.26. The summed E-state index contributed by atoms with van der Waals surface area (Å²) in [5.41, 5.74) is 2.48. The summed E-state index contributed by atoms with van der Waals surface area (Å²) in [4.78, 5) is 30.6. The lowest BCUT2D eigenvalue weighted by Gasteiger charge is -2.27. The number of nitriles is 1. The third-order valence-corrected chi connectivity index (χ3v) is 8.60. The summed E-state index contributed by atoms with van der Waals surface area (Å²) in [5.74, 6) is -1.14. The largest absolute Gasteiger partial charge is 0.361 e. The molecule has 5 rings (SSSR count). The van der Waals surface area contributed by atoms with Crippen molar-refractivity contribution in [2.24, 2.45) is 0 Å². The van der Waals surface area contributed by atoms with E-state index in [0.717, 1.165) is 25.7 Å². The number of aromatic amines is 1. The lowest BCUT2D eigenvalue weighted by Crippen LogP contribution is -2.46. The van der Waals surface area contributed by atoms with Crippen molar-refractivity contribution in [2.75, 3.05) is 11.4 Å². The number of sulfonamides is 1. The number of amides is 2. The normalized spacial score (nSPS) is 16.0. The van der Waals surface area contributed by atoms with Crippen molar-refractivity contribution >= 4 is 50.0 Å². The average molecular weight is 533 g/mol. The van der Waals surface area contributed by atoms with Crippen LogP contribution in [0.1, 0.15) is 17.5 Å². The Balaban J connectivity index is 1.50. The first-order valence-electron chi connectivity index (χ1n) is 11.5. The predicted molar refractivity (Wildman–Crippen MR) is 139 cm³/mol. The number of nitrogens with zero attached hydrogens (tertiary/aromatic N) is 3. The molecule has 1 saturated heterocycles. The van der Waals surface area contributed by atoms with Crippen LogP contribution >= 0.6 is 11.6 Å². The minimum atomic E-state index is -4.16. The molecule has 2 heterocycles. The van der Waals surface area contributed by atoms with E-state index in [1.165, 1.54) is 48.5 Å². The Morgan fingerprint density at radius 3 is 2.43 bits per heavy atom. The van der Waals surface area contributed by atoms with Crippen LogP contribution in [0.15, 0.2) is 83.9 Å². The van der Waals surface area contributed by atoms with Crippen molar-refractivity contribution in [1.82, 2.24) is 9.29 Å². The second-order valence-corrected chi connectivity index (χ2v) is 11.0. The first-order valence-corrected chi connectivity index (χ1v) is 13.3. The molecule has 1 fully saturated rings. The van der Waals surface area contributed by atoms with E-state index in [1.54, 1.807) is 0 Å². The van der Waals surface area contributed by atoms with Crippen molar-refractivity contribution in [3.05, 3.63) is 95.1 Å². The van der Waals surface area contributed by atoms with Crippen molar-refractivity contribution in [3.8, 4) is 6.07 Å². The molecule has 0 bridgehead atoms. The Morgan fingerprint density at radius 2 is 1.73 bits per heavy atom. The second-order valence-electron chi connectivity index (χ2n) is 8.63. The fourth-order valence-electron chi connectivity index (χ4n) is 4.55. The van der Waals surface area contributed by atoms with Crippen molar-refractivity contribution < 1.29 is 18.0 Å². The Bertz CT molecular complexity index is 1640. The van der Waals surface area contributed by atoms with Gasteiger partial charge >= 0.3 is 0 Å². The number of benzene rings is 3. The van der Waals surface area contributed by atoms with E-state index in [2.05, 4.69) is 4.98 Å². The number of carbonyl (C=O) groups excluding carboxylic acids is 2. The van der Waals surface area contributed by atoms with Gasteiger partial charge in [-0.3, -0.25) is 9.59 Å². The van der Waals surface area contributed by atoms with E-state index >= 15 is 0 Å². The first-order chi connectivity index (χ1) is 17.8. The van der Waals surface area contributed by atoms with Gasteiger partial charge < -0.3 is 4.98 Å². The van der Waals surface area contributed by atoms with Gasteiger partial charge in [-0.25, -0.2) is 13.3 Å². The van der Waals surface area contributed by atoms with Crippen LogP contribution in [0.5, 0.6) is 0 Å². The van der Waals surface area contributed by atoms with Crippen LogP contribution in [0, 0.1) is 11.3 Å². The number of rotatable bonds is 7. The fraction of sp³-hybridized carbons (Fsp3) is 0.148. The molecule has 0 saturated carbocycles. The third kappa shape index (κ3) is 4.62. The van der Waals surface area contributed by atoms with E-state index in [-0.39, 0.29) is 23.5 Å². The third-order valence-electron chi connectivity index (χ3n) is 6.42. The van der Waals surface area contributed by atoms with Crippen molar-refractivity contribution in [1.29, 1.82) is 5.26 Å². The van der Waals surface area contributed by atoms with Crippen molar-refractivity contribution in [3.63, 3.8) is 0 Å². The molecule has 0 aliphatic carbocycles. The van der Waals surface area contributed by atoms with E-state index in [4.69, 9.17) is 16.9 Å². The smallest absolute Gasteiger partial charge is 0.252 e. The summed E-state index contributed by atoms with van der Waals surface area (Å²) in [6.07, 6.45) is 1.85. The van der Waals surface area contributed by atoms with E-state index in [0.29, 0.717) is 17.0 Å². The number of nitrogens with one attached hydrogen (secondary N) is 1. The number of hydrogen-bond donors (Lipinski definition) is 1. The minimum absolute atomic E-state index is 0.0162. The molecule has 8 nitrogen and oxygen atoms in total. The number of para-hydroxylation sites is 1. The van der Waals surface area contributed by atoms with Gasteiger partial charge in [-0.2, -0.15) is 9.57 Å². The summed E-state index contributed by atoms with van der Waals surface area (Å²) in [6, 6.07) is 20.2. The van der Waals surface area contributed by atoms with Crippen LogP contribution in [0.4, 0.5) is 5.69 Å². The topological polar surface area (TPSA) is 114 Å². The monoisotopic (exact) mass is 532 g/mol. The highest BCUT2D eigenvalue weighted by Crippen LogP contribution is 2.30. The molecule has 1 aliphatic heterocycles. The zero-order chi connectivity index (χ0) is 26.2. The highest BCUT2D eigenvalue weighted by molar-refractivity contribution is 7.89. The van der Waals surface area contributed by atoms with Gasteiger partial charge in [0.1, 0.15) is 6.04 Å². The Labute approximate surface area is 218 Å². The standard InChI is InChI=1S/C27H21ClN4O4S/c28-20-7-11-22(12-8-20)37(35,36)31(14-13-19-17-30-24-4-2-1-3-23(19)24)25-15-26(33)32(27(25)34)21-9-5-18(16-29)6-10-21/h1-12,17,25,30H,13-15H2. The molecule has 37 heavy (non-hydrogen) atoms. The molecule has 1 aromatic heterocycles. The summed E-state index contributed by atoms with van der Waals surface area (Å²) in [5, 5.41) is 10.4. The molecule has 0 spiro atoms. The van der Waals surface area contributed by atoms with Gasteiger partial charge in [0, 0.05) is 28.7 Å². The molecule has 1 unspecified atom stereocenters. The number of anilines is 1. The average Bonchev–Trinajstić information content (AvgIpc) is 3.44. The van der Waals surface area contributed by atoms with Crippen molar-refractivity contribution in [2.45, 2.75) is 23.8 Å². The Hall–Kier alpha value is -3.97. The molecular formula is C27H21ClN4O4S. The van der Waals surface area contributed by atoms with Crippen LogP contribution < -0.4 is 4.90 Å².